The standard InChI is InChI=1S/C56H74N8O7/c1-35(2)50(62(11)48(66)30-38-23-27-63(33-38)47(65)22-24-56(6,7)60(8)9)52(67)58-45-29-37-16-13-17-39(28-37)40-20-21-46-42(31-40)43(51(61(46)10)41-18-14-25-57-49(41)36(3)70-12)32-55(4,5)34-71-54(69)44-19-15-26-64(59-44)53(45)68/h13-14,16-18,20-21,25,28,31,35-36,38,44-45,50,59H,15,19,23,26-27,29-30,32-34H2,1-12H3,(H,58,67)/t36-,38+,44-,45-,50-/m0/s1. The number of hydrogen-bond acceptors (Lipinski definition) is 10. The van der Waals surface area contributed by atoms with E-state index in [1.165, 1.54) is 9.91 Å². The van der Waals surface area contributed by atoms with E-state index in [0.717, 1.165) is 50.1 Å². The summed E-state index contributed by atoms with van der Waals surface area (Å²) in [5.41, 5.74) is 9.87. The van der Waals surface area contributed by atoms with Crippen LogP contribution in [0.1, 0.15) is 97.1 Å². The van der Waals surface area contributed by atoms with Gasteiger partial charge in [0.2, 0.25) is 11.8 Å². The molecule has 0 aliphatic carbocycles. The monoisotopic (exact) mass is 971 g/mol. The lowest BCUT2D eigenvalue weighted by molar-refractivity contribution is -0.155. The zero-order chi connectivity index (χ0) is 51.5. The van der Waals surface area contributed by atoms with Crippen LogP contribution in [0, 0.1) is 29.1 Å². The van der Waals surface area contributed by atoms with E-state index in [4.69, 9.17) is 14.5 Å². The Kier molecular flexibility index (Phi) is 16.1. The molecule has 0 unspecified atom stereocenters. The normalized spacial score (nSPS) is 20.5. The SMILES string of the molecule is CO[C@@H](C)c1ncccc1-c1c2c3cc(ccc3n1C)-c1cccc(c1)C[C@H](NC(=O)[C@H](C(C)C)N(C)C(=O)C[C@H]1CCN(C(=O)C#CC(C)(C)N(C)C)C1)C(=O)N1CCC[C@H](N1)C(=O)OCC(C)(C)C2. The smallest absolute Gasteiger partial charge is 0.324 e. The van der Waals surface area contributed by atoms with E-state index >= 15 is 0 Å². The third kappa shape index (κ3) is 11.8. The van der Waals surface area contributed by atoms with Gasteiger partial charge in [-0.15, -0.1) is 0 Å². The number of methoxy groups -OCH3 is 1. The maximum absolute atomic E-state index is 14.8. The van der Waals surface area contributed by atoms with Crippen LogP contribution in [0.5, 0.6) is 0 Å². The number of carbonyl (C=O) groups excluding carboxylic acids is 5. The van der Waals surface area contributed by atoms with Crippen molar-refractivity contribution in [3.8, 4) is 34.2 Å². The van der Waals surface area contributed by atoms with Gasteiger partial charge in [0, 0.05) is 81.8 Å². The summed E-state index contributed by atoms with van der Waals surface area (Å²) >= 11 is 0. The fraction of sp³-hybridized carbons (Fsp3) is 0.536. The van der Waals surface area contributed by atoms with Crippen molar-refractivity contribution in [2.75, 3.05) is 54.5 Å². The van der Waals surface area contributed by atoms with Gasteiger partial charge in [0.05, 0.1) is 29.6 Å². The van der Waals surface area contributed by atoms with Crippen LogP contribution >= 0.6 is 0 Å². The number of hydrazine groups is 1. The minimum Gasteiger partial charge on any atom is -0.464 e. The Morgan fingerprint density at radius 3 is 2.48 bits per heavy atom. The Bertz CT molecular complexity index is 2710. The van der Waals surface area contributed by atoms with E-state index in [-0.39, 0.29) is 49.2 Å². The predicted molar refractivity (Wildman–Crippen MR) is 275 cm³/mol. The van der Waals surface area contributed by atoms with E-state index in [9.17, 15) is 24.0 Å². The summed E-state index contributed by atoms with van der Waals surface area (Å²) < 4.78 is 14.1. The third-order valence-electron chi connectivity index (χ3n) is 14.8. The first kappa shape index (κ1) is 52.7. The van der Waals surface area contributed by atoms with Gasteiger partial charge >= 0.3 is 5.97 Å². The molecule has 380 valence electrons. The van der Waals surface area contributed by atoms with Crippen LogP contribution in [-0.2, 0) is 53.3 Å². The molecule has 5 atom stereocenters. The quantitative estimate of drug-likeness (QED) is 0.136. The molecule has 15 nitrogen and oxygen atoms in total. The van der Waals surface area contributed by atoms with Crippen LogP contribution < -0.4 is 10.7 Å². The zero-order valence-corrected chi connectivity index (χ0v) is 43.8. The van der Waals surface area contributed by atoms with Crippen LogP contribution in [0.25, 0.3) is 33.3 Å². The number of likely N-dealkylation sites (tertiary alicyclic amines) is 1. The number of pyridine rings is 1. The summed E-state index contributed by atoms with van der Waals surface area (Å²) in [5.74, 6) is 3.67. The van der Waals surface area contributed by atoms with E-state index in [0.29, 0.717) is 45.3 Å². The first-order chi connectivity index (χ1) is 33.6. The summed E-state index contributed by atoms with van der Waals surface area (Å²) in [6, 6.07) is 15.8. The Morgan fingerprint density at radius 2 is 1.76 bits per heavy atom. The van der Waals surface area contributed by atoms with Crippen molar-refractivity contribution >= 4 is 40.5 Å². The molecule has 0 radical (unpaired) electrons. The van der Waals surface area contributed by atoms with Crippen molar-refractivity contribution < 1.29 is 33.4 Å². The van der Waals surface area contributed by atoms with Gasteiger partial charge in [-0.1, -0.05) is 63.9 Å². The van der Waals surface area contributed by atoms with Crippen LogP contribution in [0.4, 0.5) is 0 Å². The molecular formula is C56H74N8O7. The fourth-order valence-electron chi connectivity index (χ4n) is 10.1. The summed E-state index contributed by atoms with van der Waals surface area (Å²) in [7, 11) is 9.21. The molecule has 2 fully saturated rings. The van der Waals surface area contributed by atoms with Crippen LogP contribution in [-0.4, -0.2) is 137 Å². The minimum absolute atomic E-state index is 0.0880. The van der Waals surface area contributed by atoms with Crippen LogP contribution in [0.3, 0.4) is 0 Å². The highest BCUT2D eigenvalue weighted by Gasteiger charge is 2.39. The summed E-state index contributed by atoms with van der Waals surface area (Å²) in [5, 5.41) is 5.58. The lowest BCUT2D eigenvalue weighted by atomic mass is 9.84. The number of likely N-dealkylation sites (N-methyl/N-ethyl adjacent to an activating group) is 1. The summed E-state index contributed by atoms with van der Waals surface area (Å²) in [6.45, 7) is 15.2. The van der Waals surface area contributed by atoms with Gasteiger partial charge in [-0.25, -0.2) is 5.43 Å². The molecule has 2 aromatic carbocycles. The fourth-order valence-corrected chi connectivity index (χ4v) is 10.1. The number of esters is 1. The van der Waals surface area contributed by atoms with Crippen molar-refractivity contribution in [1.82, 2.24) is 40.0 Å². The van der Waals surface area contributed by atoms with Crippen molar-refractivity contribution in [3.63, 3.8) is 0 Å². The van der Waals surface area contributed by atoms with E-state index in [1.54, 1.807) is 25.3 Å². The number of carbonyl (C=O) groups is 5. The second-order valence-corrected chi connectivity index (χ2v) is 21.7. The van der Waals surface area contributed by atoms with Crippen molar-refractivity contribution in [2.45, 2.75) is 117 Å². The Hall–Kier alpha value is -6.08. The highest BCUT2D eigenvalue weighted by atomic mass is 16.5. The Labute approximate surface area is 419 Å². The van der Waals surface area contributed by atoms with Gasteiger partial charge in [0.15, 0.2) is 0 Å². The number of ether oxygens (including phenoxy) is 2. The van der Waals surface area contributed by atoms with E-state index in [1.807, 2.05) is 71.8 Å². The highest BCUT2D eigenvalue weighted by Crippen LogP contribution is 2.41. The number of aromatic nitrogens is 2. The minimum atomic E-state index is -1.05. The van der Waals surface area contributed by atoms with Crippen molar-refractivity contribution in [2.24, 2.45) is 24.3 Å². The van der Waals surface area contributed by atoms with Gasteiger partial charge in [-0.05, 0) is 125 Å². The van der Waals surface area contributed by atoms with Crippen LogP contribution in [0.2, 0.25) is 0 Å². The van der Waals surface area contributed by atoms with E-state index < -0.39 is 46.9 Å². The number of fused-ring (bicyclic) bond motifs is 6. The summed E-state index contributed by atoms with van der Waals surface area (Å²) in [6.07, 6.45) is 4.08. The van der Waals surface area contributed by atoms with E-state index in [2.05, 4.69) is 84.4 Å². The number of rotatable bonds is 10. The lowest BCUT2D eigenvalue weighted by Crippen LogP contribution is -2.62. The molecule has 0 saturated carbocycles. The molecule has 71 heavy (non-hydrogen) atoms. The first-order valence-corrected chi connectivity index (χ1v) is 25.1. The number of benzene rings is 2. The second kappa shape index (κ2) is 21.7. The maximum Gasteiger partial charge on any atom is 0.324 e. The molecule has 2 N–H and O–H groups in total. The molecule has 3 aliphatic rings. The second-order valence-electron chi connectivity index (χ2n) is 21.7. The number of hydrogen-bond donors (Lipinski definition) is 2. The Balaban J connectivity index is 1.19. The first-order valence-electron chi connectivity index (χ1n) is 25.1. The number of amides is 4. The van der Waals surface area contributed by atoms with Gasteiger partial charge < -0.3 is 29.2 Å². The lowest BCUT2D eigenvalue weighted by Gasteiger charge is -2.37. The molecule has 6 bridgehead atoms. The number of nitrogens with one attached hydrogen (secondary N) is 2. The van der Waals surface area contributed by atoms with Crippen molar-refractivity contribution in [1.29, 1.82) is 0 Å². The highest BCUT2D eigenvalue weighted by molar-refractivity contribution is 5.96. The van der Waals surface area contributed by atoms with Crippen LogP contribution in [0.15, 0.2) is 60.8 Å². The number of aryl methyl sites for hydroxylation is 1. The number of cyclic esters (lactones) is 1. The predicted octanol–water partition coefficient (Wildman–Crippen LogP) is 6.33. The molecule has 3 aliphatic heterocycles. The van der Waals surface area contributed by atoms with Gasteiger partial charge in [-0.3, -0.25) is 38.9 Å². The molecule has 15 heteroatoms. The topological polar surface area (TPSA) is 159 Å². The van der Waals surface area contributed by atoms with Gasteiger partial charge in [0.25, 0.3) is 11.8 Å². The molecule has 0 spiro atoms. The molecule has 7 rings (SSSR count). The average molecular weight is 971 g/mol. The van der Waals surface area contributed by atoms with Gasteiger partial charge in [0.1, 0.15) is 18.1 Å². The third-order valence-corrected chi connectivity index (χ3v) is 14.8. The molecule has 5 heterocycles. The van der Waals surface area contributed by atoms with Gasteiger partial charge in [-0.2, -0.15) is 0 Å². The van der Waals surface area contributed by atoms with Crippen molar-refractivity contribution in [3.05, 3.63) is 77.6 Å². The molecular weight excluding hydrogens is 897 g/mol. The number of nitrogens with zero attached hydrogens (tertiary/aromatic N) is 6. The molecule has 2 aromatic heterocycles. The summed E-state index contributed by atoms with van der Waals surface area (Å²) in [4.78, 5) is 80.3. The average Bonchev–Trinajstić information content (AvgIpc) is 3.92. The Morgan fingerprint density at radius 1 is 1.01 bits per heavy atom. The molecule has 4 aromatic rings. The zero-order valence-electron chi connectivity index (χ0n) is 43.8. The molecule has 2 saturated heterocycles. The maximum atomic E-state index is 14.8. The largest absolute Gasteiger partial charge is 0.464 e. The molecule has 4 amide bonds.